The number of likely N-dealkylation sites (tertiary alicyclic amines) is 1. The fraction of sp³-hybridized carbons (Fsp3) is 0.588. The number of carbonyl (C=O) groups excluding carboxylic acids is 1. The Kier molecular flexibility index (Phi) is 6.13. The monoisotopic (exact) mass is 340 g/mol. The third-order valence-electron chi connectivity index (χ3n) is 3.74. The van der Waals surface area contributed by atoms with Gasteiger partial charge in [0.1, 0.15) is 0 Å². The van der Waals surface area contributed by atoms with Crippen molar-refractivity contribution < 1.29 is 14.3 Å². The van der Waals surface area contributed by atoms with Crippen molar-refractivity contribution >= 4 is 17.5 Å². The van der Waals surface area contributed by atoms with E-state index in [4.69, 9.17) is 21.1 Å². The number of ether oxygens (including phenoxy) is 2. The maximum atomic E-state index is 11.2. The SMILES string of the molecule is COc1cc(Cl)cc(CN2CC[C@@H](NC(C)=O)C2)c1OC(C)C. The van der Waals surface area contributed by atoms with Gasteiger partial charge in [0.25, 0.3) is 0 Å². The van der Waals surface area contributed by atoms with Crippen molar-refractivity contribution in [1.29, 1.82) is 0 Å². The molecule has 1 aliphatic rings. The number of hydrogen-bond donors (Lipinski definition) is 1. The van der Waals surface area contributed by atoms with Gasteiger partial charge >= 0.3 is 0 Å². The van der Waals surface area contributed by atoms with Crippen LogP contribution < -0.4 is 14.8 Å². The predicted molar refractivity (Wildman–Crippen MR) is 91.3 cm³/mol. The maximum Gasteiger partial charge on any atom is 0.217 e. The molecule has 2 rings (SSSR count). The molecule has 0 aromatic heterocycles. The predicted octanol–water partition coefficient (Wildman–Crippen LogP) is 2.85. The maximum absolute atomic E-state index is 11.2. The van der Waals surface area contributed by atoms with E-state index >= 15 is 0 Å². The van der Waals surface area contributed by atoms with Gasteiger partial charge in [-0.15, -0.1) is 0 Å². The Hall–Kier alpha value is -1.46. The number of benzene rings is 1. The quantitative estimate of drug-likeness (QED) is 0.865. The van der Waals surface area contributed by atoms with E-state index in [-0.39, 0.29) is 18.1 Å². The standard InChI is InChI=1S/C17H25ClN2O3/c1-11(2)23-17-13(7-14(18)8-16(17)22-4)9-20-6-5-15(10-20)19-12(3)21/h7-8,11,15H,5-6,9-10H2,1-4H3,(H,19,21)/t15-/m1/s1. The summed E-state index contributed by atoms with van der Waals surface area (Å²) in [4.78, 5) is 13.5. The fourth-order valence-electron chi connectivity index (χ4n) is 2.88. The highest BCUT2D eigenvalue weighted by molar-refractivity contribution is 6.30. The summed E-state index contributed by atoms with van der Waals surface area (Å²) in [5, 5.41) is 3.61. The van der Waals surface area contributed by atoms with Crippen molar-refractivity contribution in [3.05, 3.63) is 22.7 Å². The average Bonchev–Trinajstić information content (AvgIpc) is 2.87. The number of methoxy groups -OCH3 is 1. The molecule has 1 fully saturated rings. The van der Waals surface area contributed by atoms with E-state index in [1.54, 1.807) is 20.1 Å². The highest BCUT2D eigenvalue weighted by Gasteiger charge is 2.25. The Morgan fingerprint density at radius 2 is 2.22 bits per heavy atom. The minimum atomic E-state index is 0.0186. The first-order valence-electron chi connectivity index (χ1n) is 7.91. The van der Waals surface area contributed by atoms with Crippen LogP contribution >= 0.6 is 11.6 Å². The molecule has 1 aliphatic heterocycles. The molecule has 128 valence electrons. The Bertz CT molecular complexity index is 563. The van der Waals surface area contributed by atoms with Crippen LogP contribution in [-0.2, 0) is 11.3 Å². The van der Waals surface area contributed by atoms with E-state index < -0.39 is 0 Å². The summed E-state index contributed by atoms with van der Waals surface area (Å²) in [7, 11) is 1.62. The molecule has 1 saturated heterocycles. The summed E-state index contributed by atoms with van der Waals surface area (Å²) in [6.07, 6.45) is 1.01. The zero-order valence-corrected chi connectivity index (χ0v) is 14.9. The lowest BCUT2D eigenvalue weighted by Gasteiger charge is -2.22. The first-order valence-corrected chi connectivity index (χ1v) is 8.29. The second-order valence-electron chi connectivity index (χ2n) is 6.18. The van der Waals surface area contributed by atoms with Crippen molar-refractivity contribution in [1.82, 2.24) is 10.2 Å². The second-order valence-corrected chi connectivity index (χ2v) is 6.62. The number of nitrogens with zero attached hydrogens (tertiary/aromatic N) is 1. The van der Waals surface area contributed by atoms with Gasteiger partial charge in [0.2, 0.25) is 5.91 Å². The highest BCUT2D eigenvalue weighted by Crippen LogP contribution is 2.36. The van der Waals surface area contributed by atoms with Gasteiger partial charge < -0.3 is 14.8 Å². The van der Waals surface area contributed by atoms with E-state index in [9.17, 15) is 4.79 Å². The molecule has 1 N–H and O–H groups in total. The molecule has 1 aromatic carbocycles. The number of amides is 1. The molecule has 0 aliphatic carbocycles. The van der Waals surface area contributed by atoms with Gasteiger partial charge in [-0.25, -0.2) is 0 Å². The number of nitrogens with one attached hydrogen (secondary N) is 1. The average molecular weight is 341 g/mol. The molecular weight excluding hydrogens is 316 g/mol. The second kappa shape index (κ2) is 7.88. The summed E-state index contributed by atoms with van der Waals surface area (Å²) >= 11 is 6.21. The zero-order chi connectivity index (χ0) is 17.0. The zero-order valence-electron chi connectivity index (χ0n) is 14.2. The van der Waals surface area contributed by atoms with Crippen molar-refractivity contribution in [2.45, 2.75) is 45.9 Å². The van der Waals surface area contributed by atoms with Gasteiger partial charge in [-0.2, -0.15) is 0 Å². The summed E-state index contributed by atoms with van der Waals surface area (Å²) in [5.41, 5.74) is 1.01. The van der Waals surface area contributed by atoms with Crippen LogP contribution in [-0.4, -0.2) is 43.2 Å². The number of carbonyl (C=O) groups is 1. The molecular formula is C17H25ClN2O3. The van der Waals surface area contributed by atoms with Crippen molar-refractivity contribution in [2.24, 2.45) is 0 Å². The van der Waals surface area contributed by atoms with Crippen LogP contribution in [0.25, 0.3) is 0 Å². The van der Waals surface area contributed by atoms with Gasteiger partial charge in [0.15, 0.2) is 11.5 Å². The van der Waals surface area contributed by atoms with Crippen molar-refractivity contribution in [2.75, 3.05) is 20.2 Å². The van der Waals surface area contributed by atoms with Crippen LogP contribution in [0, 0.1) is 0 Å². The van der Waals surface area contributed by atoms with Crippen LogP contribution in [0.1, 0.15) is 32.8 Å². The summed E-state index contributed by atoms with van der Waals surface area (Å²) in [6, 6.07) is 3.91. The lowest BCUT2D eigenvalue weighted by atomic mass is 10.1. The molecule has 1 amide bonds. The molecule has 0 unspecified atom stereocenters. The minimum absolute atomic E-state index is 0.0186. The van der Waals surface area contributed by atoms with E-state index in [2.05, 4.69) is 10.2 Å². The van der Waals surface area contributed by atoms with Crippen molar-refractivity contribution in [3.8, 4) is 11.5 Å². The van der Waals surface area contributed by atoms with Gasteiger partial charge in [0.05, 0.1) is 13.2 Å². The normalized spacial score (nSPS) is 18.3. The van der Waals surface area contributed by atoms with Gasteiger partial charge in [-0.1, -0.05) is 11.6 Å². The first kappa shape index (κ1) is 17.9. The topological polar surface area (TPSA) is 50.8 Å². The van der Waals surface area contributed by atoms with E-state index in [0.29, 0.717) is 10.8 Å². The Morgan fingerprint density at radius 3 is 2.83 bits per heavy atom. The van der Waals surface area contributed by atoms with Gasteiger partial charge in [-0.3, -0.25) is 9.69 Å². The molecule has 1 atom stereocenters. The van der Waals surface area contributed by atoms with Crippen molar-refractivity contribution in [3.63, 3.8) is 0 Å². The van der Waals surface area contributed by atoms with Crippen LogP contribution in [0.2, 0.25) is 5.02 Å². The fourth-order valence-corrected chi connectivity index (χ4v) is 3.11. The van der Waals surface area contributed by atoms with Gasteiger partial charge in [-0.05, 0) is 26.3 Å². The van der Waals surface area contributed by atoms with E-state index in [1.807, 2.05) is 19.9 Å². The lowest BCUT2D eigenvalue weighted by Crippen LogP contribution is -2.35. The summed E-state index contributed by atoms with van der Waals surface area (Å²) in [6.45, 7) is 8.01. The largest absolute Gasteiger partial charge is 0.493 e. The minimum Gasteiger partial charge on any atom is -0.493 e. The molecule has 23 heavy (non-hydrogen) atoms. The third-order valence-corrected chi connectivity index (χ3v) is 3.96. The van der Waals surface area contributed by atoms with Crippen LogP contribution in [0.5, 0.6) is 11.5 Å². The van der Waals surface area contributed by atoms with Gasteiger partial charge in [0, 0.05) is 49.3 Å². The molecule has 6 heteroatoms. The summed E-state index contributed by atoms with van der Waals surface area (Å²) in [5.74, 6) is 1.42. The molecule has 5 nitrogen and oxygen atoms in total. The van der Waals surface area contributed by atoms with E-state index in [0.717, 1.165) is 37.4 Å². The van der Waals surface area contributed by atoms with E-state index in [1.165, 1.54) is 0 Å². The number of hydrogen-bond acceptors (Lipinski definition) is 4. The summed E-state index contributed by atoms with van der Waals surface area (Å²) < 4.78 is 11.4. The first-order chi connectivity index (χ1) is 10.9. The van der Waals surface area contributed by atoms with Crippen LogP contribution in [0.15, 0.2) is 12.1 Å². The highest BCUT2D eigenvalue weighted by atomic mass is 35.5. The molecule has 1 heterocycles. The molecule has 0 spiro atoms. The van der Waals surface area contributed by atoms with Crippen LogP contribution in [0.3, 0.4) is 0 Å². The molecule has 0 saturated carbocycles. The Labute approximate surface area is 142 Å². The molecule has 0 bridgehead atoms. The molecule has 1 aromatic rings. The smallest absolute Gasteiger partial charge is 0.217 e. The Morgan fingerprint density at radius 1 is 1.48 bits per heavy atom. The third kappa shape index (κ3) is 5.01. The number of halogens is 1. The van der Waals surface area contributed by atoms with Crippen LogP contribution in [0.4, 0.5) is 0 Å². The number of rotatable bonds is 6. The molecule has 0 radical (unpaired) electrons. The Balaban J connectivity index is 2.15. The lowest BCUT2D eigenvalue weighted by molar-refractivity contribution is -0.119.